The van der Waals surface area contributed by atoms with E-state index in [0.717, 1.165) is 12.8 Å². The molecule has 0 saturated heterocycles. The van der Waals surface area contributed by atoms with Crippen molar-refractivity contribution in [1.82, 2.24) is 10.6 Å². The number of hydrogen-bond donors (Lipinski definition) is 2. The minimum atomic E-state index is -0.295. The maximum Gasteiger partial charge on any atom is 0.255 e. The molecule has 126 valence electrons. The van der Waals surface area contributed by atoms with Gasteiger partial charge in [-0.2, -0.15) is 0 Å². The van der Waals surface area contributed by atoms with Gasteiger partial charge in [0.1, 0.15) is 5.76 Å². The Morgan fingerprint density at radius 2 is 1.88 bits per heavy atom. The first-order valence-electron chi connectivity index (χ1n) is 8.17. The van der Waals surface area contributed by atoms with Gasteiger partial charge in [0.2, 0.25) is 5.91 Å². The summed E-state index contributed by atoms with van der Waals surface area (Å²) in [6, 6.07) is 9.90. The summed E-state index contributed by atoms with van der Waals surface area (Å²) in [6.45, 7) is 4.39. The maximum absolute atomic E-state index is 12.0. The van der Waals surface area contributed by atoms with Gasteiger partial charge in [0.15, 0.2) is 0 Å². The van der Waals surface area contributed by atoms with E-state index in [2.05, 4.69) is 29.7 Å². The largest absolute Gasteiger partial charge is 0.469 e. The van der Waals surface area contributed by atoms with Crippen LogP contribution in [0, 0.1) is 13.8 Å². The van der Waals surface area contributed by atoms with Gasteiger partial charge in [-0.25, -0.2) is 0 Å². The molecule has 5 nitrogen and oxygen atoms in total. The van der Waals surface area contributed by atoms with E-state index in [1.165, 1.54) is 17.4 Å². The number of benzene rings is 1. The maximum atomic E-state index is 12.0. The lowest BCUT2D eigenvalue weighted by atomic mass is 9.92. The molecule has 24 heavy (non-hydrogen) atoms. The number of carbonyl (C=O) groups excluding carboxylic acids is 2. The molecule has 2 aromatic rings. The highest BCUT2D eigenvalue weighted by Gasteiger charge is 2.45. The fourth-order valence-corrected chi connectivity index (χ4v) is 3.07. The molecule has 0 aliphatic heterocycles. The van der Waals surface area contributed by atoms with Gasteiger partial charge < -0.3 is 15.1 Å². The number of nitrogens with one attached hydrogen (secondary N) is 2. The van der Waals surface area contributed by atoms with Crippen LogP contribution in [0.25, 0.3) is 0 Å². The zero-order valence-corrected chi connectivity index (χ0v) is 14.0. The van der Waals surface area contributed by atoms with E-state index in [1.54, 1.807) is 13.0 Å². The summed E-state index contributed by atoms with van der Waals surface area (Å²) in [6.07, 6.45) is 3.63. The fourth-order valence-electron chi connectivity index (χ4n) is 3.07. The standard InChI is InChI=1S/C19H22N2O3/c1-13-5-3-4-6-16(13)19(8-9-19)12-21-17(22)11-20-18(23)15-7-10-24-14(15)2/h3-7,10H,8-9,11-12H2,1-2H3,(H,20,23)(H,21,22). The van der Waals surface area contributed by atoms with E-state index in [1.807, 2.05) is 12.1 Å². The zero-order valence-electron chi connectivity index (χ0n) is 14.0. The molecular formula is C19H22N2O3. The monoisotopic (exact) mass is 326 g/mol. The summed E-state index contributed by atoms with van der Waals surface area (Å²) < 4.78 is 5.09. The Bertz CT molecular complexity index is 759. The minimum absolute atomic E-state index is 0.0344. The highest BCUT2D eigenvalue weighted by Crippen LogP contribution is 2.48. The summed E-state index contributed by atoms with van der Waals surface area (Å²) in [5.74, 6) is 0.0743. The van der Waals surface area contributed by atoms with Crippen molar-refractivity contribution in [3.8, 4) is 0 Å². The summed E-state index contributed by atoms with van der Waals surface area (Å²) in [5.41, 5.74) is 3.09. The molecule has 1 saturated carbocycles. The Hall–Kier alpha value is -2.56. The number of amides is 2. The van der Waals surface area contributed by atoms with Crippen LogP contribution in [0.5, 0.6) is 0 Å². The molecule has 1 heterocycles. The molecule has 1 aliphatic carbocycles. The highest BCUT2D eigenvalue weighted by atomic mass is 16.3. The molecule has 0 bridgehead atoms. The first-order chi connectivity index (χ1) is 11.5. The van der Waals surface area contributed by atoms with Gasteiger partial charge in [-0.15, -0.1) is 0 Å². The van der Waals surface area contributed by atoms with Crippen LogP contribution in [-0.4, -0.2) is 24.9 Å². The van der Waals surface area contributed by atoms with Crippen LogP contribution in [0.1, 0.15) is 40.1 Å². The Morgan fingerprint density at radius 3 is 2.50 bits per heavy atom. The Balaban J connectivity index is 1.51. The van der Waals surface area contributed by atoms with E-state index in [0.29, 0.717) is 17.9 Å². The molecule has 1 aromatic carbocycles. The molecule has 1 fully saturated rings. The van der Waals surface area contributed by atoms with Crippen molar-refractivity contribution in [2.45, 2.75) is 32.1 Å². The van der Waals surface area contributed by atoms with Gasteiger partial charge in [-0.3, -0.25) is 9.59 Å². The Morgan fingerprint density at radius 1 is 1.12 bits per heavy atom. The van der Waals surface area contributed by atoms with E-state index in [-0.39, 0.29) is 23.8 Å². The third-order valence-corrected chi connectivity index (χ3v) is 4.71. The fraction of sp³-hybridized carbons (Fsp3) is 0.368. The molecule has 3 rings (SSSR count). The van der Waals surface area contributed by atoms with Crippen LogP contribution in [0.15, 0.2) is 41.0 Å². The minimum Gasteiger partial charge on any atom is -0.469 e. The van der Waals surface area contributed by atoms with E-state index < -0.39 is 0 Å². The van der Waals surface area contributed by atoms with Gasteiger partial charge in [-0.1, -0.05) is 24.3 Å². The lowest BCUT2D eigenvalue weighted by Crippen LogP contribution is -2.40. The van der Waals surface area contributed by atoms with Crippen LogP contribution in [0.2, 0.25) is 0 Å². The van der Waals surface area contributed by atoms with Gasteiger partial charge in [0.25, 0.3) is 5.91 Å². The normalized spacial score (nSPS) is 14.9. The summed E-state index contributed by atoms with van der Waals surface area (Å²) in [5, 5.41) is 5.57. The van der Waals surface area contributed by atoms with E-state index >= 15 is 0 Å². The number of carbonyl (C=O) groups is 2. The molecule has 0 spiro atoms. The quantitative estimate of drug-likeness (QED) is 0.856. The predicted octanol–water partition coefficient (Wildman–Crippen LogP) is 2.47. The van der Waals surface area contributed by atoms with Crippen molar-refractivity contribution in [2.75, 3.05) is 13.1 Å². The molecule has 5 heteroatoms. The lowest BCUT2D eigenvalue weighted by Gasteiger charge is -2.19. The van der Waals surface area contributed by atoms with Crippen LogP contribution in [-0.2, 0) is 10.2 Å². The van der Waals surface area contributed by atoms with Gasteiger partial charge >= 0.3 is 0 Å². The molecule has 0 unspecified atom stereocenters. The summed E-state index contributed by atoms with van der Waals surface area (Å²) in [4.78, 5) is 24.0. The number of hydrogen-bond acceptors (Lipinski definition) is 3. The molecule has 0 atom stereocenters. The second-order valence-corrected chi connectivity index (χ2v) is 6.45. The Kier molecular flexibility index (Phi) is 4.42. The van der Waals surface area contributed by atoms with Gasteiger partial charge in [0, 0.05) is 12.0 Å². The van der Waals surface area contributed by atoms with Crippen molar-refractivity contribution in [3.05, 3.63) is 59.0 Å². The number of furan rings is 1. The highest BCUT2D eigenvalue weighted by molar-refractivity contribution is 5.97. The average Bonchev–Trinajstić information content (AvgIpc) is 3.24. The zero-order chi connectivity index (χ0) is 17.2. The molecule has 2 amide bonds. The number of rotatable bonds is 6. The van der Waals surface area contributed by atoms with E-state index in [4.69, 9.17) is 4.42 Å². The SMILES string of the molecule is Cc1ccccc1C1(CNC(=O)CNC(=O)c2ccoc2C)CC1. The summed E-state index contributed by atoms with van der Waals surface area (Å²) in [7, 11) is 0. The van der Waals surface area contributed by atoms with Gasteiger partial charge in [-0.05, 0) is 43.9 Å². The third kappa shape index (κ3) is 3.35. The topological polar surface area (TPSA) is 71.3 Å². The van der Waals surface area contributed by atoms with Crippen molar-refractivity contribution >= 4 is 11.8 Å². The number of aryl methyl sites for hydroxylation is 2. The molecule has 1 aliphatic rings. The second kappa shape index (κ2) is 6.51. The first-order valence-corrected chi connectivity index (χ1v) is 8.17. The smallest absolute Gasteiger partial charge is 0.255 e. The molecule has 1 aromatic heterocycles. The molecular weight excluding hydrogens is 304 g/mol. The Labute approximate surface area is 141 Å². The summed E-state index contributed by atoms with van der Waals surface area (Å²) >= 11 is 0. The van der Waals surface area contributed by atoms with Crippen molar-refractivity contribution < 1.29 is 14.0 Å². The van der Waals surface area contributed by atoms with E-state index in [9.17, 15) is 9.59 Å². The van der Waals surface area contributed by atoms with Gasteiger partial charge in [0.05, 0.1) is 18.4 Å². The molecule has 0 radical (unpaired) electrons. The van der Waals surface area contributed by atoms with Crippen molar-refractivity contribution in [3.63, 3.8) is 0 Å². The average molecular weight is 326 g/mol. The van der Waals surface area contributed by atoms with Crippen LogP contribution < -0.4 is 10.6 Å². The van der Waals surface area contributed by atoms with Crippen molar-refractivity contribution in [2.24, 2.45) is 0 Å². The van der Waals surface area contributed by atoms with Crippen LogP contribution in [0.3, 0.4) is 0 Å². The lowest BCUT2D eigenvalue weighted by molar-refractivity contribution is -0.120. The van der Waals surface area contributed by atoms with Crippen LogP contribution in [0.4, 0.5) is 0 Å². The predicted molar refractivity (Wildman–Crippen MR) is 90.9 cm³/mol. The van der Waals surface area contributed by atoms with Crippen LogP contribution >= 0.6 is 0 Å². The third-order valence-electron chi connectivity index (χ3n) is 4.71. The molecule has 2 N–H and O–H groups in total. The second-order valence-electron chi connectivity index (χ2n) is 6.45. The van der Waals surface area contributed by atoms with Crippen molar-refractivity contribution in [1.29, 1.82) is 0 Å². The first kappa shape index (κ1) is 16.3.